The summed E-state index contributed by atoms with van der Waals surface area (Å²) >= 11 is 0. The van der Waals surface area contributed by atoms with Gasteiger partial charge in [0.25, 0.3) is 0 Å². The average Bonchev–Trinajstić information content (AvgIpc) is 2.14. The van der Waals surface area contributed by atoms with Gasteiger partial charge in [-0.25, -0.2) is 0 Å². The first-order valence-electron chi connectivity index (χ1n) is 4.15. The van der Waals surface area contributed by atoms with Crippen molar-refractivity contribution in [3.8, 4) is 11.8 Å². The molecule has 3 nitrogen and oxygen atoms in total. The molecule has 0 saturated heterocycles. The fraction of sp³-hybridized carbons (Fsp3) is 0.200. The zero-order valence-corrected chi connectivity index (χ0v) is 7.97. The van der Waals surface area contributed by atoms with Gasteiger partial charge in [0.05, 0.1) is 12.1 Å². The molecular weight excluding hydrogens is 202 g/mol. The van der Waals surface area contributed by atoms with Gasteiger partial charge in [-0.2, -0.15) is 13.8 Å². The number of amides is 1. The molecule has 1 aromatic heterocycles. The zero-order valence-electron chi connectivity index (χ0n) is 7.97. The molecule has 1 N–H and O–H groups in total. The monoisotopic (exact) mass is 210 g/mol. The molecule has 0 saturated carbocycles. The van der Waals surface area contributed by atoms with E-state index in [-0.39, 0.29) is 18.0 Å². The normalized spacial score (nSPS) is 9.00. The molecule has 0 aromatic carbocycles. The van der Waals surface area contributed by atoms with Gasteiger partial charge in [-0.05, 0) is 12.1 Å². The van der Waals surface area contributed by atoms with Crippen LogP contribution in [0.5, 0.6) is 0 Å². The third-order valence-corrected chi connectivity index (χ3v) is 1.46. The van der Waals surface area contributed by atoms with E-state index in [2.05, 4.69) is 22.1 Å². The molecule has 15 heavy (non-hydrogen) atoms. The molecule has 0 unspecified atom stereocenters. The lowest BCUT2D eigenvalue weighted by molar-refractivity contribution is -0.118. The third-order valence-electron chi connectivity index (χ3n) is 1.46. The molecule has 0 aliphatic carbocycles. The fourth-order valence-corrected chi connectivity index (χ4v) is 0.813. The van der Waals surface area contributed by atoms with Crippen LogP contribution in [0.3, 0.4) is 0 Å². The minimum Gasteiger partial charge on any atom is -0.345 e. The Hall–Kier alpha value is -1.96. The van der Waals surface area contributed by atoms with Gasteiger partial charge < -0.3 is 5.32 Å². The number of rotatable bonds is 1. The number of pyridine rings is 1. The van der Waals surface area contributed by atoms with E-state index in [0.717, 1.165) is 6.07 Å². The smallest absolute Gasteiger partial charge is 0.231 e. The van der Waals surface area contributed by atoms with E-state index in [1.165, 1.54) is 13.0 Å². The van der Waals surface area contributed by atoms with E-state index in [4.69, 9.17) is 0 Å². The summed E-state index contributed by atoms with van der Waals surface area (Å²) in [6.07, 6.45) is 0. The van der Waals surface area contributed by atoms with Crippen LogP contribution in [0.1, 0.15) is 12.5 Å². The Morgan fingerprint density at radius 3 is 2.87 bits per heavy atom. The van der Waals surface area contributed by atoms with Crippen LogP contribution in [-0.2, 0) is 4.79 Å². The molecule has 0 aliphatic rings. The minimum atomic E-state index is -0.953. The lowest BCUT2D eigenvalue weighted by Gasteiger charge is -1.93. The molecule has 0 radical (unpaired) electrons. The van der Waals surface area contributed by atoms with Crippen LogP contribution in [0.2, 0.25) is 0 Å². The van der Waals surface area contributed by atoms with Crippen LogP contribution in [-0.4, -0.2) is 17.4 Å². The summed E-state index contributed by atoms with van der Waals surface area (Å²) in [7, 11) is 0. The molecule has 1 aromatic rings. The van der Waals surface area contributed by atoms with Crippen LogP contribution in [0.25, 0.3) is 0 Å². The SMILES string of the molecule is CC(=O)NCC#Cc1ccc(F)nc1F. The Morgan fingerprint density at radius 1 is 1.53 bits per heavy atom. The van der Waals surface area contributed by atoms with Crippen LogP contribution in [0.4, 0.5) is 8.78 Å². The lowest BCUT2D eigenvalue weighted by Crippen LogP contribution is -2.19. The highest BCUT2D eigenvalue weighted by molar-refractivity contribution is 5.73. The van der Waals surface area contributed by atoms with Crippen molar-refractivity contribution in [3.63, 3.8) is 0 Å². The van der Waals surface area contributed by atoms with Gasteiger partial charge in [-0.1, -0.05) is 11.8 Å². The molecule has 1 rings (SSSR count). The second-order valence-corrected chi connectivity index (χ2v) is 2.68. The van der Waals surface area contributed by atoms with Crippen molar-refractivity contribution in [2.75, 3.05) is 6.54 Å². The van der Waals surface area contributed by atoms with Crippen molar-refractivity contribution in [2.24, 2.45) is 0 Å². The quantitative estimate of drug-likeness (QED) is 0.551. The number of nitrogens with one attached hydrogen (secondary N) is 1. The second kappa shape index (κ2) is 5.05. The summed E-state index contributed by atoms with van der Waals surface area (Å²) in [4.78, 5) is 13.4. The van der Waals surface area contributed by atoms with E-state index in [0.29, 0.717) is 0 Å². The molecular formula is C10H8F2N2O. The lowest BCUT2D eigenvalue weighted by atomic mass is 10.3. The number of nitrogens with zero attached hydrogens (tertiary/aromatic N) is 1. The molecule has 0 spiro atoms. The highest BCUT2D eigenvalue weighted by Crippen LogP contribution is 2.02. The number of hydrogen-bond donors (Lipinski definition) is 1. The Labute approximate surface area is 85.5 Å². The topological polar surface area (TPSA) is 42.0 Å². The molecule has 1 amide bonds. The molecule has 0 bridgehead atoms. The first-order valence-corrected chi connectivity index (χ1v) is 4.15. The van der Waals surface area contributed by atoms with Gasteiger partial charge in [0.1, 0.15) is 0 Å². The number of aromatic nitrogens is 1. The maximum atomic E-state index is 12.9. The zero-order chi connectivity index (χ0) is 11.3. The van der Waals surface area contributed by atoms with E-state index < -0.39 is 11.9 Å². The highest BCUT2D eigenvalue weighted by Gasteiger charge is 2.01. The Bertz CT molecular complexity index is 435. The Balaban J connectivity index is 2.67. The summed E-state index contributed by atoms with van der Waals surface area (Å²) in [5, 5.41) is 2.42. The summed E-state index contributed by atoms with van der Waals surface area (Å²) in [6.45, 7) is 1.47. The van der Waals surface area contributed by atoms with Crippen LogP contribution < -0.4 is 5.32 Å². The third kappa shape index (κ3) is 3.73. The molecule has 0 aliphatic heterocycles. The number of carbonyl (C=O) groups is 1. The molecule has 0 fully saturated rings. The van der Waals surface area contributed by atoms with Gasteiger partial charge in [0, 0.05) is 6.92 Å². The van der Waals surface area contributed by atoms with Crippen LogP contribution >= 0.6 is 0 Å². The summed E-state index contributed by atoms with van der Waals surface area (Å²) < 4.78 is 25.3. The van der Waals surface area contributed by atoms with Gasteiger partial charge in [0.2, 0.25) is 17.8 Å². The van der Waals surface area contributed by atoms with E-state index >= 15 is 0 Å². The first kappa shape index (κ1) is 11.1. The van der Waals surface area contributed by atoms with Gasteiger partial charge >= 0.3 is 0 Å². The predicted molar refractivity (Wildman–Crippen MR) is 49.7 cm³/mol. The summed E-state index contributed by atoms with van der Waals surface area (Å²) in [6, 6.07) is 2.21. The number of hydrogen-bond acceptors (Lipinski definition) is 2. The van der Waals surface area contributed by atoms with E-state index in [1.54, 1.807) is 0 Å². The van der Waals surface area contributed by atoms with Crippen molar-refractivity contribution in [2.45, 2.75) is 6.92 Å². The molecule has 5 heteroatoms. The molecule has 0 atom stereocenters. The van der Waals surface area contributed by atoms with Crippen molar-refractivity contribution in [1.29, 1.82) is 0 Å². The highest BCUT2D eigenvalue weighted by atomic mass is 19.1. The Kier molecular flexibility index (Phi) is 3.75. The van der Waals surface area contributed by atoms with Crippen molar-refractivity contribution < 1.29 is 13.6 Å². The molecule has 1 heterocycles. The van der Waals surface area contributed by atoms with Crippen LogP contribution in [0.15, 0.2) is 12.1 Å². The van der Waals surface area contributed by atoms with Crippen molar-refractivity contribution in [1.82, 2.24) is 10.3 Å². The summed E-state index contributed by atoms with van der Waals surface area (Å²) in [5.74, 6) is 2.87. The largest absolute Gasteiger partial charge is 0.345 e. The van der Waals surface area contributed by atoms with Gasteiger partial charge in [0.15, 0.2) is 0 Å². The first-order chi connectivity index (χ1) is 7.09. The standard InChI is InChI=1S/C10H8F2N2O/c1-7(15)13-6-2-3-8-4-5-9(11)14-10(8)12/h4-5H,6H2,1H3,(H,13,15). The maximum Gasteiger partial charge on any atom is 0.231 e. The fourth-order valence-electron chi connectivity index (χ4n) is 0.813. The Morgan fingerprint density at radius 2 is 2.27 bits per heavy atom. The average molecular weight is 210 g/mol. The number of halogens is 2. The predicted octanol–water partition coefficient (Wildman–Crippen LogP) is 0.847. The van der Waals surface area contributed by atoms with Gasteiger partial charge in [-0.3, -0.25) is 4.79 Å². The van der Waals surface area contributed by atoms with E-state index in [9.17, 15) is 13.6 Å². The summed E-state index contributed by atoms with van der Waals surface area (Å²) in [5.41, 5.74) is 0.00162. The number of carbonyl (C=O) groups excluding carboxylic acids is 1. The maximum absolute atomic E-state index is 12.9. The van der Waals surface area contributed by atoms with E-state index in [1.807, 2.05) is 0 Å². The van der Waals surface area contributed by atoms with Crippen molar-refractivity contribution >= 4 is 5.91 Å². The van der Waals surface area contributed by atoms with Crippen molar-refractivity contribution in [3.05, 3.63) is 29.6 Å². The van der Waals surface area contributed by atoms with Crippen LogP contribution in [0, 0.1) is 23.7 Å². The second-order valence-electron chi connectivity index (χ2n) is 2.68. The minimum absolute atomic E-state index is 0.00162. The molecule has 78 valence electrons. The van der Waals surface area contributed by atoms with Gasteiger partial charge in [-0.15, -0.1) is 0 Å².